The van der Waals surface area contributed by atoms with E-state index in [1.807, 2.05) is 7.05 Å². The predicted octanol–water partition coefficient (Wildman–Crippen LogP) is 1.57. The second kappa shape index (κ2) is 7.07. The van der Waals surface area contributed by atoms with Gasteiger partial charge in [0.05, 0.1) is 0 Å². The van der Waals surface area contributed by atoms with Crippen LogP contribution in [0, 0.1) is 13.8 Å². The van der Waals surface area contributed by atoms with Gasteiger partial charge in [-0.05, 0) is 44.0 Å². The van der Waals surface area contributed by atoms with Crippen LogP contribution >= 0.6 is 0 Å². The van der Waals surface area contributed by atoms with Gasteiger partial charge in [-0.3, -0.25) is 4.79 Å². The van der Waals surface area contributed by atoms with E-state index < -0.39 is 0 Å². The number of nitrogens with one attached hydrogen (secondary N) is 2. The Morgan fingerprint density at radius 3 is 2.59 bits per heavy atom. The first kappa shape index (κ1) is 13.7. The van der Waals surface area contributed by atoms with Crippen LogP contribution in [0.5, 0.6) is 0 Å². The third-order valence-electron chi connectivity index (χ3n) is 2.91. The van der Waals surface area contributed by atoms with E-state index in [4.69, 9.17) is 0 Å². The van der Waals surface area contributed by atoms with Gasteiger partial charge in [-0.1, -0.05) is 18.2 Å². The molecule has 1 aromatic rings. The third kappa shape index (κ3) is 5.00. The van der Waals surface area contributed by atoms with Gasteiger partial charge in [0.1, 0.15) is 0 Å². The van der Waals surface area contributed by atoms with Crippen LogP contribution in [0.1, 0.15) is 23.1 Å². The lowest BCUT2D eigenvalue weighted by molar-refractivity contribution is -0.120. The van der Waals surface area contributed by atoms with Gasteiger partial charge in [0.2, 0.25) is 5.91 Å². The van der Waals surface area contributed by atoms with Crippen LogP contribution in [0.4, 0.5) is 0 Å². The first-order chi connectivity index (χ1) is 8.13. The van der Waals surface area contributed by atoms with Crippen LogP contribution in [-0.4, -0.2) is 26.0 Å². The molecule has 0 radical (unpaired) electrons. The Hall–Kier alpha value is -1.35. The Morgan fingerprint density at radius 1 is 1.18 bits per heavy atom. The van der Waals surface area contributed by atoms with E-state index in [2.05, 4.69) is 42.7 Å². The summed E-state index contributed by atoms with van der Waals surface area (Å²) in [5.41, 5.74) is 3.90. The normalized spacial score (nSPS) is 10.3. The minimum Gasteiger partial charge on any atom is -0.356 e. The minimum absolute atomic E-state index is 0.114. The van der Waals surface area contributed by atoms with E-state index in [1.165, 1.54) is 16.7 Å². The molecule has 1 amide bonds. The van der Waals surface area contributed by atoms with Crippen LogP contribution in [0.15, 0.2) is 18.2 Å². The quantitative estimate of drug-likeness (QED) is 0.784. The summed E-state index contributed by atoms with van der Waals surface area (Å²) < 4.78 is 0. The summed E-state index contributed by atoms with van der Waals surface area (Å²) in [6.07, 6.45) is 1.44. The lowest BCUT2D eigenvalue weighted by Crippen LogP contribution is -2.28. The van der Waals surface area contributed by atoms with Gasteiger partial charge in [0.25, 0.3) is 0 Å². The second-order valence-electron chi connectivity index (χ2n) is 4.37. The molecule has 0 unspecified atom stereocenters. The van der Waals surface area contributed by atoms with Crippen LogP contribution < -0.4 is 10.6 Å². The average Bonchev–Trinajstić information content (AvgIpc) is 2.31. The number of amides is 1. The van der Waals surface area contributed by atoms with Crippen molar-refractivity contribution in [3.63, 3.8) is 0 Å². The minimum atomic E-state index is 0.114. The molecule has 0 saturated carbocycles. The molecule has 0 saturated heterocycles. The van der Waals surface area contributed by atoms with Gasteiger partial charge >= 0.3 is 0 Å². The standard InChI is InChI=1S/C14H22N2O/c1-11-4-5-13(10-12(11)2)6-9-16-14(17)7-8-15-3/h4-5,10,15H,6-9H2,1-3H3,(H,16,17). The summed E-state index contributed by atoms with van der Waals surface area (Å²) in [5.74, 6) is 0.114. The zero-order chi connectivity index (χ0) is 12.7. The van der Waals surface area contributed by atoms with Crippen molar-refractivity contribution in [2.24, 2.45) is 0 Å². The van der Waals surface area contributed by atoms with Gasteiger partial charge in [-0.25, -0.2) is 0 Å². The van der Waals surface area contributed by atoms with Gasteiger partial charge in [0.15, 0.2) is 0 Å². The molecule has 0 aliphatic heterocycles. The number of hydrogen-bond donors (Lipinski definition) is 2. The van der Waals surface area contributed by atoms with Crippen molar-refractivity contribution in [3.05, 3.63) is 34.9 Å². The third-order valence-corrected chi connectivity index (χ3v) is 2.91. The summed E-state index contributed by atoms with van der Waals surface area (Å²) in [6.45, 7) is 5.67. The van der Waals surface area contributed by atoms with E-state index in [9.17, 15) is 4.79 Å². The van der Waals surface area contributed by atoms with Crippen molar-refractivity contribution < 1.29 is 4.79 Å². The zero-order valence-electron chi connectivity index (χ0n) is 11.0. The molecule has 0 aromatic heterocycles. The van der Waals surface area contributed by atoms with Crippen LogP contribution in [0.25, 0.3) is 0 Å². The van der Waals surface area contributed by atoms with Crippen molar-refractivity contribution in [3.8, 4) is 0 Å². The molecule has 0 bridgehead atoms. The number of carbonyl (C=O) groups excluding carboxylic acids is 1. The van der Waals surface area contributed by atoms with E-state index in [1.54, 1.807) is 0 Å². The van der Waals surface area contributed by atoms with Crippen molar-refractivity contribution in [1.29, 1.82) is 0 Å². The Bertz CT molecular complexity index is 374. The van der Waals surface area contributed by atoms with Gasteiger partial charge < -0.3 is 10.6 Å². The molecule has 1 aromatic carbocycles. The fraction of sp³-hybridized carbons (Fsp3) is 0.500. The molecule has 3 nitrogen and oxygen atoms in total. The lowest BCUT2D eigenvalue weighted by atomic mass is 10.0. The summed E-state index contributed by atoms with van der Waals surface area (Å²) in [6, 6.07) is 6.45. The van der Waals surface area contributed by atoms with Crippen molar-refractivity contribution >= 4 is 5.91 Å². The Morgan fingerprint density at radius 2 is 1.94 bits per heavy atom. The molecule has 0 atom stereocenters. The zero-order valence-corrected chi connectivity index (χ0v) is 11.0. The van der Waals surface area contributed by atoms with Gasteiger partial charge in [-0.2, -0.15) is 0 Å². The molecule has 0 spiro atoms. The summed E-state index contributed by atoms with van der Waals surface area (Å²) in [5, 5.41) is 5.88. The molecule has 2 N–H and O–H groups in total. The molecule has 0 fully saturated rings. The van der Waals surface area contributed by atoms with Crippen molar-refractivity contribution in [2.45, 2.75) is 26.7 Å². The Kier molecular flexibility index (Phi) is 5.70. The number of benzene rings is 1. The highest BCUT2D eigenvalue weighted by atomic mass is 16.1. The Labute approximate surface area is 104 Å². The molecule has 1 rings (SSSR count). The number of rotatable bonds is 6. The molecular weight excluding hydrogens is 212 g/mol. The summed E-state index contributed by atoms with van der Waals surface area (Å²) in [7, 11) is 1.85. The number of hydrogen-bond acceptors (Lipinski definition) is 2. The highest BCUT2D eigenvalue weighted by Gasteiger charge is 2.00. The highest BCUT2D eigenvalue weighted by Crippen LogP contribution is 2.09. The largest absolute Gasteiger partial charge is 0.356 e. The van der Waals surface area contributed by atoms with Crippen LogP contribution in [-0.2, 0) is 11.2 Å². The predicted molar refractivity (Wildman–Crippen MR) is 71.2 cm³/mol. The number of carbonyl (C=O) groups is 1. The molecule has 3 heteroatoms. The summed E-state index contributed by atoms with van der Waals surface area (Å²) in [4.78, 5) is 11.4. The maximum Gasteiger partial charge on any atom is 0.221 e. The molecule has 17 heavy (non-hydrogen) atoms. The number of aryl methyl sites for hydroxylation is 2. The van der Waals surface area contributed by atoms with E-state index in [-0.39, 0.29) is 5.91 Å². The highest BCUT2D eigenvalue weighted by molar-refractivity contribution is 5.76. The Balaban J connectivity index is 2.30. The molecule has 0 heterocycles. The molecule has 94 valence electrons. The van der Waals surface area contributed by atoms with E-state index >= 15 is 0 Å². The van der Waals surface area contributed by atoms with Crippen LogP contribution in [0.2, 0.25) is 0 Å². The second-order valence-corrected chi connectivity index (χ2v) is 4.37. The maximum atomic E-state index is 11.4. The topological polar surface area (TPSA) is 41.1 Å². The SMILES string of the molecule is CNCCC(=O)NCCc1ccc(C)c(C)c1. The maximum absolute atomic E-state index is 11.4. The van der Waals surface area contributed by atoms with E-state index in [0.29, 0.717) is 13.0 Å². The first-order valence-corrected chi connectivity index (χ1v) is 6.11. The fourth-order valence-corrected chi connectivity index (χ4v) is 1.63. The summed E-state index contributed by atoms with van der Waals surface area (Å²) >= 11 is 0. The molecule has 0 aliphatic carbocycles. The van der Waals surface area contributed by atoms with Crippen molar-refractivity contribution in [1.82, 2.24) is 10.6 Å². The average molecular weight is 234 g/mol. The monoisotopic (exact) mass is 234 g/mol. The van der Waals surface area contributed by atoms with Gasteiger partial charge in [-0.15, -0.1) is 0 Å². The van der Waals surface area contributed by atoms with Crippen molar-refractivity contribution in [2.75, 3.05) is 20.1 Å². The lowest BCUT2D eigenvalue weighted by Gasteiger charge is -2.07. The molecular formula is C14H22N2O. The van der Waals surface area contributed by atoms with E-state index in [0.717, 1.165) is 13.0 Å². The first-order valence-electron chi connectivity index (χ1n) is 6.11. The smallest absolute Gasteiger partial charge is 0.221 e. The fourth-order valence-electron chi connectivity index (χ4n) is 1.63. The van der Waals surface area contributed by atoms with Gasteiger partial charge in [0, 0.05) is 19.5 Å². The van der Waals surface area contributed by atoms with Crippen LogP contribution in [0.3, 0.4) is 0 Å². The molecule has 0 aliphatic rings.